The van der Waals surface area contributed by atoms with Crippen LogP contribution in [0, 0.1) is 0 Å². The van der Waals surface area contributed by atoms with Crippen molar-refractivity contribution in [3.05, 3.63) is 40.3 Å². The van der Waals surface area contributed by atoms with Gasteiger partial charge in [-0.05, 0) is 62.4 Å². The number of thiophene rings is 1. The van der Waals surface area contributed by atoms with Crippen LogP contribution in [0.15, 0.2) is 29.6 Å². The number of nitrogens with one attached hydrogen (secondary N) is 1. The molecule has 0 radical (unpaired) electrons. The highest BCUT2D eigenvalue weighted by molar-refractivity contribution is 7.10. The zero-order chi connectivity index (χ0) is 16.6. The fourth-order valence-corrected chi connectivity index (χ4v) is 4.50. The molecule has 5 rings (SSSR count). The van der Waals surface area contributed by atoms with Gasteiger partial charge in [0.1, 0.15) is 5.82 Å². The van der Waals surface area contributed by atoms with Gasteiger partial charge in [-0.2, -0.15) is 4.52 Å². The van der Waals surface area contributed by atoms with Crippen molar-refractivity contribution in [3.8, 4) is 0 Å². The van der Waals surface area contributed by atoms with Gasteiger partial charge in [-0.15, -0.1) is 26.6 Å². The molecule has 1 aliphatic heterocycles. The van der Waals surface area contributed by atoms with Crippen LogP contribution in [0.1, 0.15) is 48.3 Å². The molecule has 1 atom stereocenters. The summed E-state index contributed by atoms with van der Waals surface area (Å²) in [6, 6.07) is 8.83. The largest absolute Gasteiger partial charge is 0.367 e. The summed E-state index contributed by atoms with van der Waals surface area (Å²) >= 11 is 1.84. The van der Waals surface area contributed by atoms with Gasteiger partial charge in [-0.1, -0.05) is 6.07 Å². The number of aromatic nitrogens is 4. The lowest BCUT2D eigenvalue weighted by Gasteiger charge is -2.27. The molecule has 130 valence electrons. The Labute approximate surface area is 150 Å². The molecule has 0 bridgehead atoms. The predicted molar refractivity (Wildman–Crippen MR) is 99.1 cm³/mol. The third-order valence-electron chi connectivity index (χ3n) is 5.16. The Morgan fingerprint density at radius 3 is 2.80 bits per heavy atom. The molecule has 0 amide bonds. The minimum Gasteiger partial charge on any atom is -0.367 e. The van der Waals surface area contributed by atoms with Gasteiger partial charge >= 0.3 is 0 Å². The molecule has 7 heteroatoms. The summed E-state index contributed by atoms with van der Waals surface area (Å²) in [5.41, 5.74) is 0.835. The lowest BCUT2D eigenvalue weighted by Crippen LogP contribution is -2.30. The number of hydrogen-bond donors (Lipinski definition) is 1. The maximum absolute atomic E-state index is 4.74. The Morgan fingerprint density at radius 1 is 1.16 bits per heavy atom. The monoisotopic (exact) mass is 354 g/mol. The van der Waals surface area contributed by atoms with Gasteiger partial charge < -0.3 is 5.32 Å². The van der Waals surface area contributed by atoms with E-state index in [0.29, 0.717) is 12.0 Å². The van der Waals surface area contributed by atoms with E-state index < -0.39 is 0 Å². The van der Waals surface area contributed by atoms with Crippen molar-refractivity contribution in [2.45, 2.75) is 37.6 Å². The van der Waals surface area contributed by atoms with Gasteiger partial charge in [-0.25, -0.2) is 0 Å². The van der Waals surface area contributed by atoms with E-state index in [2.05, 4.69) is 37.9 Å². The first-order valence-electron chi connectivity index (χ1n) is 9.12. The first kappa shape index (κ1) is 15.3. The number of nitrogens with zero attached hydrogens (tertiary/aromatic N) is 5. The molecular formula is C18H22N6S. The Bertz CT molecular complexity index is 848. The van der Waals surface area contributed by atoms with Crippen molar-refractivity contribution >= 4 is 22.8 Å². The van der Waals surface area contributed by atoms with Crippen LogP contribution in [0.25, 0.3) is 5.65 Å². The molecule has 25 heavy (non-hydrogen) atoms. The SMILES string of the molecule is c1csc(C(CNc2ccc3nnc(C4CC4)n3n2)N2CCCC2)c1. The molecule has 1 unspecified atom stereocenters. The van der Waals surface area contributed by atoms with Crippen LogP contribution in [-0.4, -0.2) is 44.3 Å². The quantitative estimate of drug-likeness (QED) is 0.736. The summed E-state index contributed by atoms with van der Waals surface area (Å²) in [5, 5.41) is 19.0. The van der Waals surface area contributed by atoms with Gasteiger partial charge in [-0.3, -0.25) is 4.90 Å². The Hall–Kier alpha value is -1.99. The van der Waals surface area contributed by atoms with E-state index in [9.17, 15) is 0 Å². The maximum atomic E-state index is 4.74. The zero-order valence-corrected chi connectivity index (χ0v) is 15.0. The molecular weight excluding hydrogens is 332 g/mol. The third kappa shape index (κ3) is 3.02. The Morgan fingerprint density at radius 2 is 2.04 bits per heavy atom. The predicted octanol–water partition coefficient (Wildman–Crippen LogP) is 3.31. The normalized spacial score (nSPS) is 19.5. The van der Waals surface area contributed by atoms with E-state index in [0.717, 1.165) is 23.8 Å². The van der Waals surface area contributed by atoms with Crippen LogP contribution in [-0.2, 0) is 0 Å². The summed E-state index contributed by atoms with van der Waals surface area (Å²) < 4.78 is 1.91. The van der Waals surface area contributed by atoms with E-state index in [4.69, 9.17) is 5.10 Å². The van der Waals surface area contributed by atoms with E-state index in [1.165, 1.54) is 43.6 Å². The zero-order valence-electron chi connectivity index (χ0n) is 14.1. The average Bonchev–Trinajstić information content (AvgIpc) is 3.09. The van der Waals surface area contributed by atoms with E-state index >= 15 is 0 Å². The van der Waals surface area contributed by atoms with Gasteiger partial charge in [0.05, 0.1) is 6.04 Å². The van der Waals surface area contributed by atoms with Crippen LogP contribution in [0.2, 0.25) is 0 Å². The van der Waals surface area contributed by atoms with Crippen molar-refractivity contribution in [2.75, 3.05) is 25.0 Å². The molecule has 4 heterocycles. The fraction of sp³-hybridized carbons (Fsp3) is 0.500. The highest BCUT2D eigenvalue weighted by Gasteiger charge is 2.29. The van der Waals surface area contributed by atoms with Gasteiger partial charge in [0.2, 0.25) is 0 Å². The number of anilines is 1. The molecule has 0 spiro atoms. The molecule has 3 aromatic heterocycles. The maximum Gasteiger partial charge on any atom is 0.178 e. The van der Waals surface area contributed by atoms with Crippen molar-refractivity contribution in [1.29, 1.82) is 0 Å². The van der Waals surface area contributed by atoms with Crippen LogP contribution in [0.3, 0.4) is 0 Å². The fourth-order valence-electron chi connectivity index (χ4n) is 3.64. The number of likely N-dealkylation sites (tertiary alicyclic amines) is 1. The van der Waals surface area contributed by atoms with Gasteiger partial charge in [0, 0.05) is 17.3 Å². The standard InChI is InChI=1S/C18H22N6S/c1-2-10-23(9-1)14(15-4-3-11-25-15)12-19-16-7-8-17-20-21-18(13-5-6-13)24(17)22-16/h3-4,7-8,11,13-14H,1-2,5-6,9-10,12H2,(H,19,22). The molecule has 1 saturated carbocycles. The van der Waals surface area contributed by atoms with E-state index in [-0.39, 0.29) is 0 Å². The molecule has 1 aliphatic carbocycles. The Kier molecular flexibility index (Phi) is 3.90. The lowest BCUT2D eigenvalue weighted by atomic mass is 10.2. The highest BCUT2D eigenvalue weighted by atomic mass is 32.1. The molecule has 6 nitrogen and oxygen atoms in total. The van der Waals surface area contributed by atoms with E-state index in [1.807, 2.05) is 28.0 Å². The van der Waals surface area contributed by atoms with Crippen LogP contribution < -0.4 is 5.32 Å². The summed E-state index contributed by atoms with van der Waals surface area (Å²) in [5.74, 6) is 2.45. The van der Waals surface area contributed by atoms with Crippen LogP contribution >= 0.6 is 11.3 Å². The van der Waals surface area contributed by atoms with Gasteiger partial charge in [0.15, 0.2) is 11.5 Å². The molecule has 1 saturated heterocycles. The van der Waals surface area contributed by atoms with Crippen molar-refractivity contribution in [2.24, 2.45) is 0 Å². The second-order valence-corrected chi connectivity index (χ2v) is 7.96. The summed E-state index contributed by atoms with van der Waals surface area (Å²) in [6.45, 7) is 3.25. The van der Waals surface area contributed by atoms with Crippen molar-refractivity contribution in [3.63, 3.8) is 0 Å². The number of hydrogen-bond acceptors (Lipinski definition) is 6. The average molecular weight is 354 g/mol. The summed E-state index contributed by atoms with van der Waals surface area (Å²) in [6.07, 6.45) is 5.01. The Balaban J connectivity index is 1.36. The lowest BCUT2D eigenvalue weighted by molar-refractivity contribution is 0.259. The third-order valence-corrected chi connectivity index (χ3v) is 6.13. The molecule has 1 N–H and O–H groups in total. The van der Waals surface area contributed by atoms with Crippen molar-refractivity contribution < 1.29 is 0 Å². The van der Waals surface area contributed by atoms with Crippen LogP contribution in [0.5, 0.6) is 0 Å². The minimum atomic E-state index is 0.420. The van der Waals surface area contributed by atoms with Gasteiger partial charge in [0.25, 0.3) is 0 Å². The second kappa shape index (κ2) is 6.38. The molecule has 2 fully saturated rings. The number of fused-ring (bicyclic) bond motifs is 1. The molecule has 2 aliphatic rings. The van der Waals surface area contributed by atoms with Crippen molar-refractivity contribution in [1.82, 2.24) is 24.7 Å². The topological polar surface area (TPSA) is 58.4 Å². The first-order chi connectivity index (χ1) is 12.4. The first-order valence-corrected chi connectivity index (χ1v) is 10.00. The highest BCUT2D eigenvalue weighted by Crippen LogP contribution is 2.38. The minimum absolute atomic E-state index is 0.420. The molecule has 0 aromatic carbocycles. The van der Waals surface area contributed by atoms with E-state index in [1.54, 1.807) is 0 Å². The molecule has 3 aromatic rings. The second-order valence-electron chi connectivity index (χ2n) is 6.98. The van der Waals surface area contributed by atoms with Crippen LogP contribution in [0.4, 0.5) is 5.82 Å². The summed E-state index contributed by atoms with van der Waals surface area (Å²) in [4.78, 5) is 4.02. The summed E-state index contributed by atoms with van der Waals surface area (Å²) in [7, 11) is 0. The smallest absolute Gasteiger partial charge is 0.178 e. The number of rotatable bonds is 6.